The number of carbonyl (C=O) groups excluding carboxylic acids is 1. The predicted octanol–water partition coefficient (Wildman–Crippen LogP) is 6.67. The van der Waals surface area contributed by atoms with Crippen LogP contribution in [0.25, 0.3) is 33.1 Å². The molecule has 0 spiro atoms. The van der Waals surface area contributed by atoms with E-state index in [4.69, 9.17) is 14.5 Å². The molecule has 1 amide bonds. The summed E-state index contributed by atoms with van der Waals surface area (Å²) < 4.78 is 12.4. The molecule has 1 fully saturated rings. The second-order valence-corrected chi connectivity index (χ2v) is 11.2. The van der Waals surface area contributed by atoms with Crippen LogP contribution in [-0.4, -0.2) is 33.1 Å². The van der Waals surface area contributed by atoms with Crippen LogP contribution in [0.15, 0.2) is 79.0 Å². The summed E-state index contributed by atoms with van der Waals surface area (Å²) >= 11 is 0. The molecule has 6 rings (SSSR count). The van der Waals surface area contributed by atoms with E-state index >= 15 is 0 Å². The number of amides is 1. The summed E-state index contributed by atoms with van der Waals surface area (Å²) in [7, 11) is 0. The van der Waals surface area contributed by atoms with Gasteiger partial charge in [0.1, 0.15) is 23.8 Å². The van der Waals surface area contributed by atoms with Crippen LogP contribution >= 0.6 is 0 Å². The molecule has 3 aromatic carbocycles. The molecule has 2 aromatic heterocycles. The van der Waals surface area contributed by atoms with Gasteiger partial charge in [0.25, 0.3) is 0 Å². The molecule has 8 heteroatoms. The van der Waals surface area contributed by atoms with Gasteiger partial charge in [0.15, 0.2) is 6.20 Å². The average Bonchev–Trinajstić information content (AvgIpc) is 3.58. The Kier molecular flexibility index (Phi) is 6.54. The molecule has 8 nitrogen and oxygen atoms in total. The van der Waals surface area contributed by atoms with Crippen molar-refractivity contribution in [1.82, 2.24) is 14.9 Å². The van der Waals surface area contributed by atoms with Crippen molar-refractivity contribution in [3.63, 3.8) is 0 Å². The summed E-state index contributed by atoms with van der Waals surface area (Å²) in [5.41, 5.74) is 3.44. The van der Waals surface area contributed by atoms with E-state index in [0.717, 1.165) is 56.3 Å². The standard InChI is InChI=1S/C32H32N4O4/c1-32(2,3)40-31(37)35-15-7-10-28(35)30-33-26-14-12-23(17-27(26)34-30)29-18-22-11-13-25(16-24(22)19-36(29)38)39-20-21-8-5-4-6-9-21/h4-6,8-9,11-14,16-19,28H,7,10,15,20H2,1-3H3,(H,33,34)/t28-/m0/s1. The molecule has 1 atom stereocenters. The fraction of sp³-hybridized carbons (Fsp3) is 0.281. The van der Waals surface area contributed by atoms with E-state index in [2.05, 4.69) is 4.98 Å². The van der Waals surface area contributed by atoms with Gasteiger partial charge in [-0.25, -0.2) is 9.78 Å². The summed E-state index contributed by atoms with van der Waals surface area (Å²) in [5, 5.41) is 14.8. The van der Waals surface area contributed by atoms with E-state index in [-0.39, 0.29) is 12.1 Å². The number of nitrogens with zero attached hydrogens (tertiary/aromatic N) is 3. The molecule has 40 heavy (non-hydrogen) atoms. The van der Waals surface area contributed by atoms with Crippen LogP contribution in [0.1, 0.15) is 51.0 Å². The SMILES string of the molecule is CC(C)(C)OC(=O)N1CCC[C@H]1c1nc2ccc(-c3cc4ccc(OCc5ccccc5)cc4c[n+]3[O-])cc2[nH]1. The van der Waals surface area contributed by atoms with Gasteiger partial charge in [-0.05, 0) is 74.9 Å². The van der Waals surface area contributed by atoms with Crippen molar-refractivity contribution in [2.24, 2.45) is 0 Å². The van der Waals surface area contributed by atoms with Crippen LogP contribution in [-0.2, 0) is 11.3 Å². The zero-order chi connectivity index (χ0) is 27.9. The minimum Gasteiger partial charge on any atom is -0.618 e. The fourth-order valence-corrected chi connectivity index (χ4v) is 5.18. The highest BCUT2D eigenvalue weighted by Gasteiger charge is 2.35. The number of pyridine rings is 1. The largest absolute Gasteiger partial charge is 0.618 e. The van der Waals surface area contributed by atoms with Crippen LogP contribution in [0, 0.1) is 5.21 Å². The Morgan fingerprint density at radius 2 is 1.90 bits per heavy atom. The molecule has 3 heterocycles. The number of aromatic amines is 1. The number of rotatable bonds is 5. The number of carbonyl (C=O) groups is 1. The number of nitrogens with one attached hydrogen (secondary N) is 1. The number of hydrogen-bond acceptors (Lipinski definition) is 5. The second-order valence-electron chi connectivity index (χ2n) is 11.2. The summed E-state index contributed by atoms with van der Waals surface area (Å²) in [5.74, 6) is 1.44. The van der Waals surface area contributed by atoms with Crippen molar-refractivity contribution in [2.45, 2.75) is 51.9 Å². The van der Waals surface area contributed by atoms with Gasteiger partial charge in [-0.2, -0.15) is 4.73 Å². The number of H-pyrrole nitrogens is 1. The lowest BCUT2D eigenvalue weighted by Gasteiger charge is -2.27. The van der Waals surface area contributed by atoms with Crippen LogP contribution in [0.4, 0.5) is 4.79 Å². The minimum atomic E-state index is -0.558. The van der Waals surface area contributed by atoms with Crippen molar-refractivity contribution in [3.8, 4) is 17.0 Å². The molecule has 1 N–H and O–H groups in total. The third kappa shape index (κ3) is 5.30. The van der Waals surface area contributed by atoms with Gasteiger partial charge >= 0.3 is 6.09 Å². The van der Waals surface area contributed by atoms with E-state index in [0.29, 0.717) is 24.6 Å². The second kappa shape index (κ2) is 10.2. The van der Waals surface area contributed by atoms with Crippen molar-refractivity contribution in [3.05, 3.63) is 95.6 Å². The lowest BCUT2D eigenvalue weighted by atomic mass is 10.1. The number of likely N-dealkylation sites (tertiary alicyclic amines) is 1. The highest BCUT2D eigenvalue weighted by atomic mass is 16.6. The molecule has 0 aliphatic carbocycles. The molecule has 0 bridgehead atoms. The third-order valence-electron chi connectivity index (χ3n) is 7.08. The first kappa shape index (κ1) is 25.7. The van der Waals surface area contributed by atoms with Crippen LogP contribution in [0.2, 0.25) is 0 Å². The van der Waals surface area contributed by atoms with Crippen LogP contribution < -0.4 is 9.47 Å². The Morgan fingerprint density at radius 1 is 1.07 bits per heavy atom. The Bertz CT molecular complexity index is 1690. The normalized spacial score (nSPS) is 15.6. The molecule has 204 valence electrons. The molecule has 1 aliphatic heterocycles. The Labute approximate surface area is 232 Å². The maximum atomic E-state index is 13.1. The van der Waals surface area contributed by atoms with E-state index < -0.39 is 5.60 Å². The number of imidazole rings is 1. The van der Waals surface area contributed by atoms with Gasteiger partial charge in [-0.3, -0.25) is 4.90 Å². The topological polar surface area (TPSA) is 94.4 Å². The van der Waals surface area contributed by atoms with E-state index in [1.807, 2.05) is 93.6 Å². The van der Waals surface area contributed by atoms with Crippen molar-refractivity contribution in [2.75, 3.05) is 6.54 Å². The van der Waals surface area contributed by atoms with Gasteiger partial charge in [0.05, 0.1) is 22.5 Å². The molecule has 0 saturated carbocycles. The summed E-state index contributed by atoms with van der Waals surface area (Å²) in [6.45, 7) is 6.70. The quantitative estimate of drug-likeness (QED) is 0.200. The summed E-state index contributed by atoms with van der Waals surface area (Å²) in [6.07, 6.45) is 2.96. The number of benzene rings is 3. The Balaban J connectivity index is 1.25. The first-order valence-corrected chi connectivity index (χ1v) is 13.6. The van der Waals surface area contributed by atoms with Crippen LogP contribution in [0.3, 0.4) is 0 Å². The molecule has 0 radical (unpaired) electrons. The first-order chi connectivity index (χ1) is 19.2. The molecule has 0 unspecified atom stereocenters. The van der Waals surface area contributed by atoms with Gasteiger partial charge < -0.3 is 19.7 Å². The molecular formula is C32H32N4O4. The van der Waals surface area contributed by atoms with Crippen molar-refractivity contribution >= 4 is 27.9 Å². The number of fused-ring (bicyclic) bond motifs is 2. The summed E-state index contributed by atoms with van der Waals surface area (Å²) in [4.78, 5) is 22.7. The number of ether oxygens (including phenoxy) is 2. The molecule has 1 saturated heterocycles. The molecular weight excluding hydrogens is 504 g/mol. The zero-order valence-electron chi connectivity index (χ0n) is 22.9. The van der Waals surface area contributed by atoms with Gasteiger partial charge in [-0.1, -0.05) is 36.4 Å². The molecule has 5 aromatic rings. The van der Waals surface area contributed by atoms with Gasteiger partial charge in [0.2, 0.25) is 5.69 Å². The maximum Gasteiger partial charge on any atom is 0.410 e. The lowest BCUT2D eigenvalue weighted by Crippen LogP contribution is -2.36. The number of hydrogen-bond donors (Lipinski definition) is 1. The van der Waals surface area contributed by atoms with Gasteiger partial charge in [0, 0.05) is 18.2 Å². The fourth-order valence-electron chi connectivity index (χ4n) is 5.18. The monoisotopic (exact) mass is 536 g/mol. The van der Waals surface area contributed by atoms with E-state index in [1.165, 1.54) is 0 Å². The van der Waals surface area contributed by atoms with Gasteiger partial charge in [-0.15, -0.1) is 0 Å². The lowest BCUT2D eigenvalue weighted by molar-refractivity contribution is -0.592. The maximum absolute atomic E-state index is 13.1. The van der Waals surface area contributed by atoms with Crippen LogP contribution in [0.5, 0.6) is 5.75 Å². The van der Waals surface area contributed by atoms with Crippen molar-refractivity contribution < 1.29 is 19.0 Å². The van der Waals surface area contributed by atoms with Crippen molar-refractivity contribution in [1.29, 1.82) is 0 Å². The third-order valence-corrected chi connectivity index (χ3v) is 7.08. The Morgan fingerprint density at radius 3 is 2.70 bits per heavy atom. The zero-order valence-corrected chi connectivity index (χ0v) is 22.9. The number of aromatic nitrogens is 3. The Hall–Kier alpha value is -4.59. The predicted molar refractivity (Wildman–Crippen MR) is 154 cm³/mol. The van der Waals surface area contributed by atoms with E-state index in [9.17, 15) is 10.0 Å². The molecule has 1 aliphatic rings. The first-order valence-electron chi connectivity index (χ1n) is 13.6. The smallest absolute Gasteiger partial charge is 0.410 e. The highest BCUT2D eigenvalue weighted by Crippen LogP contribution is 2.34. The average molecular weight is 537 g/mol. The highest BCUT2D eigenvalue weighted by molar-refractivity contribution is 5.87. The summed E-state index contributed by atoms with van der Waals surface area (Å²) in [6, 6.07) is 23.2. The minimum absolute atomic E-state index is 0.172. The van der Waals surface area contributed by atoms with E-state index in [1.54, 1.807) is 11.1 Å².